The zero-order valence-corrected chi connectivity index (χ0v) is 9.95. The molecule has 1 heterocycles. The summed E-state index contributed by atoms with van der Waals surface area (Å²) in [5.41, 5.74) is 6.24. The van der Waals surface area contributed by atoms with Crippen molar-refractivity contribution in [3.8, 4) is 0 Å². The lowest BCUT2D eigenvalue weighted by molar-refractivity contribution is 0.0375. The van der Waals surface area contributed by atoms with E-state index in [2.05, 4.69) is 6.92 Å². The van der Waals surface area contributed by atoms with Crippen LogP contribution in [0.2, 0.25) is 0 Å². The summed E-state index contributed by atoms with van der Waals surface area (Å²) >= 11 is 0. The average Bonchev–Trinajstić information content (AvgIpc) is 2.50. The third-order valence-electron chi connectivity index (χ3n) is 4.10. The molecule has 2 fully saturated rings. The van der Waals surface area contributed by atoms with Crippen molar-refractivity contribution in [1.82, 2.24) is 0 Å². The van der Waals surface area contributed by atoms with Gasteiger partial charge in [-0.25, -0.2) is 0 Å². The molecule has 2 rings (SSSR count). The van der Waals surface area contributed by atoms with Gasteiger partial charge in [-0.15, -0.1) is 0 Å². The quantitative estimate of drug-likeness (QED) is 0.713. The fourth-order valence-corrected chi connectivity index (χ4v) is 3.10. The first-order valence-electron chi connectivity index (χ1n) is 6.66. The van der Waals surface area contributed by atoms with Crippen LogP contribution in [0.15, 0.2) is 0 Å². The van der Waals surface area contributed by atoms with E-state index >= 15 is 0 Å². The van der Waals surface area contributed by atoms with Crippen LogP contribution < -0.4 is 5.73 Å². The molecule has 4 atom stereocenters. The van der Waals surface area contributed by atoms with E-state index in [0.717, 1.165) is 5.92 Å². The van der Waals surface area contributed by atoms with Gasteiger partial charge in [0.05, 0.1) is 12.2 Å². The predicted molar refractivity (Wildman–Crippen MR) is 62.7 cm³/mol. The number of hydrogen-bond acceptors (Lipinski definition) is 2. The molecule has 0 aromatic heterocycles. The van der Waals surface area contributed by atoms with Gasteiger partial charge in [0.1, 0.15) is 0 Å². The van der Waals surface area contributed by atoms with Crippen LogP contribution in [0.1, 0.15) is 58.3 Å². The van der Waals surface area contributed by atoms with Gasteiger partial charge in [-0.2, -0.15) is 0 Å². The maximum atomic E-state index is 6.24. The van der Waals surface area contributed by atoms with Gasteiger partial charge in [-0.05, 0) is 44.9 Å². The van der Waals surface area contributed by atoms with Gasteiger partial charge in [-0.3, -0.25) is 0 Å². The van der Waals surface area contributed by atoms with E-state index in [1.165, 1.54) is 51.4 Å². The Kier molecular flexibility index (Phi) is 4.04. The van der Waals surface area contributed by atoms with Crippen LogP contribution in [0.25, 0.3) is 0 Å². The van der Waals surface area contributed by atoms with Crippen molar-refractivity contribution in [3.05, 3.63) is 0 Å². The zero-order valence-electron chi connectivity index (χ0n) is 9.95. The van der Waals surface area contributed by atoms with E-state index in [1.54, 1.807) is 0 Å². The summed E-state index contributed by atoms with van der Waals surface area (Å²) in [5, 5.41) is 0. The highest BCUT2D eigenvalue weighted by Gasteiger charge is 2.28. The normalized spacial score (nSPS) is 42.8. The largest absolute Gasteiger partial charge is 0.375 e. The van der Waals surface area contributed by atoms with Crippen molar-refractivity contribution in [2.45, 2.75) is 76.5 Å². The molecule has 0 spiro atoms. The van der Waals surface area contributed by atoms with Crippen LogP contribution >= 0.6 is 0 Å². The summed E-state index contributed by atoms with van der Waals surface area (Å²) < 4.78 is 5.90. The van der Waals surface area contributed by atoms with Gasteiger partial charge >= 0.3 is 0 Å². The number of hydrogen-bond donors (Lipinski definition) is 1. The molecule has 0 amide bonds. The molecule has 2 aliphatic rings. The van der Waals surface area contributed by atoms with Crippen molar-refractivity contribution < 1.29 is 4.74 Å². The Hall–Kier alpha value is -0.0800. The molecule has 0 radical (unpaired) electrons. The molecular weight excluding hydrogens is 186 g/mol. The highest BCUT2D eigenvalue weighted by molar-refractivity contribution is 4.81. The van der Waals surface area contributed by atoms with E-state index < -0.39 is 0 Å². The van der Waals surface area contributed by atoms with Crippen LogP contribution in [-0.2, 0) is 4.74 Å². The predicted octanol–water partition coefficient (Wildman–Crippen LogP) is 2.85. The third kappa shape index (κ3) is 3.18. The molecule has 88 valence electrons. The van der Waals surface area contributed by atoms with E-state index in [4.69, 9.17) is 10.5 Å². The topological polar surface area (TPSA) is 35.2 Å². The van der Waals surface area contributed by atoms with Crippen molar-refractivity contribution in [3.63, 3.8) is 0 Å². The Labute approximate surface area is 93.6 Å². The summed E-state index contributed by atoms with van der Waals surface area (Å²) in [6, 6.07) is 0.437. The molecule has 0 bridgehead atoms. The van der Waals surface area contributed by atoms with E-state index in [1.807, 2.05) is 0 Å². The van der Waals surface area contributed by atoms with Crippen molar-refractivity contribution in [2.75, 3.05) is 0 Å². The minimum absolute atomic E-state index is 0.437. The van der Waals surface area contributed by atoms with Gasteiger partial charge in [0, 0.05) is 6.04 Å². The molecule has 2 nitrogen and oxygen atoms in total. The summed E-state index contributed by atoms with van der Waals surface area (Å²) in [7, 11) is 0. The smallest absolute Gasteiger partial charge is 0.0583 e. The lowest BCUT2D eigenvalue weighted by Crippen LogP contribution is -2.31. The molecule has 1 saturated heterocycles. The maximum Gasteiger partial charge on any atom is 0.0583 e. The average molecular weight is 211 g/mol. The Morgan fingerprint density at radius 2 is 1.87 bits per heavy atom. The van der Waals surface area contributed by atoms with E-state index in [0.29, 0.717) is 18.2 Å². The van der Waals surface area contributed by atoms with Crippen LogP contribution in [0, 0.1) is 5.92 Å². The monoisotopic (exact) mass is 211 g/mol. The molecule has 0 aromatic carbocycles. The van der Waals surface area contributed by atoms with Gasteiger partial charge in [0.15, 0.2) is 0 Å². The Bertz CT molecular complexity index is 195. The summed E-state index contributed by atoms with van der Waals surface area (Å²) in [5.74, 6) is 0.725. The maximum absolute atomic E-state index is 6.24. The molecule has 2 heteroatoms. The molecule has 15 heavy (non-hydrogen) atoms. The fourth-order valence-electron chi connectivity index (χ4n) is 3.10. The Morgan fingerprint density at radius 1 is 1.07 bits per heavy atom. The molecule has 4 unspecified atom stereocenters. The fraction of sp³-hybridized carbons (Fsp3) is 1.00. The number of ether oxygens (including phenoxy) is 1. The molecule has 0 aromatic rings. The second-order valence-electron chi connectivity index (χ2n) is 5.44. The SMILES string of the molecule is CC1CCC(CC2CCCCCC2N)O1. The van der Waals surface area contributed by atoms with Gasteiger partial charge < -0.3 is 10.5 Å². The summed E-state index contributed by atoms with van der Waals surface area (Å²) in [6.45, 7) is 2.19. The van der Waals surface area contributed by atoms with Crippen LogP contribution in [0.5, 0.6) is 0 Å². The minimum Gasteiger partial charge on any atom is -0.375 e. The van der Waals surface area contributed by atoms with Crippen LogP contribution in [0.3, 0.4) is 0 Å². The van der Waals surface area contributed by atoms with E-state index in [9.17, 15) is 0 Å². The van der Waals surface area contributed by atoms with Crippen molar-refractivity contribution >= 4 is 0 Å². The van der Waals surface area contributed by atoms with Crippen LogP contribution in [-0.4, -0.2) is 18.2 Å². The first-order valence-corrected chi connectivity index (χ1v) is 6.66. The Balaban J connectivity index is 1.81. The molecule has 1 aliphatic carbocycles. The first kappa shape index (κ1) is 11.4. The molecule has 1 saturated carbocycles. The van der Waals surface area contributed by atoms with Crippen molar-refractivity contribution in [2.24, 2.45) is 11.7 Å². The highest BCUT2D eigenvalue weighted by Crippen LogP contribution is 2.31. The lowest BCUT2D eigenvalue weighted by Gasteiger charge is -2.24. The second kappa shape index (κ2) is 5.31. The number of rotatable bonds is 2. The van der Waals surface area contributed by atoms with E-state index in [-0.39, 0.29) is 0 Å². The minimum atomic E-state index is 0.437. The van der Waals surface area contributed by atoms with Crippen LogP contribution in [0.4, 0.5) is 0 Å². The molecule has 1 aliphatic heterocycles. The highest BCUT2D eigenvalue weighted by atomic mass is 16.5. The van der Waals surface area contributed by atoms with Gasteiger partial charge in [0.25, 0.3) is 0 Å². The second-order valence-corrected chi connectivity index (χ2v) is 5.44. The van der Waals surface area contributed by atoms with Gasteiger partial charge in [-0.1, -0.05) is 19.3 Å². The third-order valence-corrected chi connectivity index (χ3v) is 4.10. The first-order chi connectivity index (χ1) is 7.25. The lowest BCUT2D eigenvalue weighted by atomic mass is 9.89. The summed E-state index contributed by atoms with van der Waals surface area (Å²) in [4.78, 5) is 0. The standard InChI is InChI=1S/C13H25NO/c1-10-7-8-12(15-10)9-11-5-3-2-4-6-13(11)14/h10-13H,2-9,14H2,1H3. The van der Waals surface area contributed by atoms with Crippen molar-refractivity contribution in [1.29, 1.82) is 0 Å². The molecule has 2 N–H and O–H groups in total. The zero-order chi connectivity index (χ0) is 10.7. The molecular formula is C13H25NO. The number of nitrogens with two attached hydrogens (primary N) is 1. The van der Waals surface area contributed by atoms with Gasteiger partial charge in [0.2, 0.25) is 0 Å². The Morgan fingerprint density at radius 3 is 2.60 bits per heavy atom. The summed E-state index contributed by atoms with van der Waals surface area (Å²) in [6.07, 6.45) is 11.4.